The summed E-state index contributed by atoms with van der Waals surface area (Å²) in [7, 11) is 0. The maximum absolute atomic E-state index is 12.8. The van der Waals surface area contributed by atoms with Crippen molar-refractivity contribution in [1.82, 2.24) is 19.5 Å². The van der Waals surface area contributed by atoms with E-state index in [4.69, 9.17) is 10.1 Å². The van der Waals surface area contributed by atoms with Crippen molar-refractivity contribution in [2.75, 3.05) is 36.4 Å². The normalized spacial score (nSPS) is 14.6. The third-order valence-corrected chi connectivity index (χ3v) is 6.81. The standard InChI is InChI=1S/C26H30N6OS/c1-18-9-8-12-20(17-18)21-22(28-26(2,3)4)32-24(27-21)34-25(29-32)31-15-13-30(14-16-31)23(33)19-10-6-5-7-11-19/h5-12,17,28H,13-16H2,1-4H3. The van der Waals surface area contributed by atoms with E-state index in [1.807, 2.05) is 39.7 Å². The first kappa shape index (κ1) is 22.4. The second-order valence-electron chi connectivity index (χ2n) is 9.78. The van der Waals surface area contributed by atoms with Gasteiger partial charge in [0.1, 0.15) is 5.69 Å². The molecule has 34 heavy (non-hydrogen) atoms. The largest absolute Gasteiger partial charge is 0.364 e. The van der Waals surface area contributed by atoms with Crippen molar-refractivity contribution in [3.8, 4) is 11.3 Å². The Balaban J connectivity index is 1.40. The summed E-state index contributed by atoms with van der Waals surface area (Å²) in [6.07, 6.45) is 0. The van der Waals surface area contributed by atoms with Gasteiger partial charge in [0.05, 0.1) is 0 Å². The fourth-order valence-corrected chi connectivity index (χ4v) is 5.14. The van der Waals surface area contributed by atoms with E-state index in [0.29, 0.717) is 13.1 Å². The summed E-state index contributed by atoms with van der Waals surface area (Å²) in [5.74, 6) is 1.00. The zero-order valence-electron chi connectivity index (χ0n) is 20.1. The van der Waals surface area contributed by atoms with Crippen LogP contribution in [0.2, 0.25) is 0 Å². The first-order valence-corrected chi connectivity index (χ1v) is 12.4. The zero-order valence-corrected chi connectivity index (χ0v) is 20.9. The van der Waals surface area contributed by atoms with Gasteiger partial charge in [-0.3, -0.25) is 4.79 Å². The summed E-state index contributed by atoms with van der Waals surface area (Å²) >= 11 is 1.59. The molecule has 0 radical (unpaired) electrons. The highest BCUT2D eigenvalue weighted by atomic mass is 32.1. The van der Waals surface area contributed by atoms with E-state index in [-0.39, 0.29) is 11.4 Å². The van der Waals surface area contributed by atoms with Gasteiger partial charge in [0.25, 0.3) is 5.91 Å². The number of aryl methyl sites for hydroxylation is 1. The Kier molecular flexibility index (Phi) is 5.77. The number of piperazine rings is 1. The van der Waals surface area contributed by atoms with Gasteiger partial charge in [0.15, 0.2) is 5.82 Å². The van der Waals surface area contributed by atoms with Crippen molar-refractivity contribution < 1.29 is 4.79 Å². The van der Waals surface area contributed by atoms with Gasteiger partial charge in [-0.2, -0.15) is 4.52 Å². The number of imidazole rings is 1. The fraction of sp³-hybridized carbons (Fsp3) is 0.346. The topological polar surface area (TPSA) is 65.8 Å². The van der Waals surface area contributed by atoms with Crippen LogP contribution in [0.5, 0.6) is 0 Å². The number of hydrogen-bond acceptors (Lipinski definition) is 6. The average Bonchev–Trinajstić information content (AvgIpc) is 3.38. The Morgan fingerprint density at radius 2 is 1.74 bits per heavy atom. The minimum absolute atomic E-state index is 0.0913. The third-order valence-electron chi connectivity index (χ3n) is 5.84. The first-order valence-electron chi connectivity index (χ1n) is 11.6. The number of carbonyl (C=O) groups is 1. The van der Waals surface area contributed by atoms with Gasteiger partial charge in [-0.1, -0.05) is 53.3 Å². The average molecular weight is 475 g/mol. The van der Waals surface area contributed by atoms with E-state index < -0.39 is 0 Å². The molecule has 1 aliphatic heterocycles. The van der Waals surface area contributed by atoms with E-state index in [9.17, 15) is 4.79 Å². The summed E-state index contributed by atoms with van der Waals surface area (Å²) < 4.78 is 1.93. The molecular formula is C26H30N6OS. The fourth-order valence-electron chi connectivity index (χ4n) is 4.19. The maximum atomic E-state index is 12.8. The molecule has 0 aliphatic carbocycles. The second kappa shape index (κ2) is 8.76. The molecule has 5 rings (SSSR count). The summed E-state index contributed by atoms with van der Waals surface area (Å²) in [5, 5.41) is 9.50. The molecule has 1 fully saturated rings. The highest BCUT2D eigenvalue weighted by molar-refractivity contribution is 7.20. The summed E-state index contributed by atoms with van der Waals surface area (Å²) in [6.45, 7) is 11.4. The monoisotopic (exact) mass is 474 g/mol. The Hall–Kier alpha value is -3.39. The zero-order chi connectivity index (χ0) is 23.9. The molecule has 8 heteroatoms. The highest BCUT2D eigenvalue weighted by Crippen LogP contribution is 2.35. The summed E-state index contributed by atoms with van der Waals surface area (Å²) in [5.41, 5.74) is 3.81. The Labute approximate surface area is 204 Å². The predicted molar refractivity (Wildman–Crippen MR) is 139 cm³/mol. The number of benzene rings is 2. The number of hydrogen-bond donors (Lipinski definition) is 1. The molecular weight excluding hydrogens is 444 g/mol. The lowest BCUT2D eigenvalue weighted by molar-refractivity contribution is 0.0746. The van der Waals surface area contributed by atoms with Gasteiger partial charge < -0.3 is 15.1 Å². The maximum Gasteiger partial charge on any atom is 0.253 e. The summed E-state index contributed by atoms with van der Waals surface area (Å²) in [6, 6.07) is 17.9. The molecule has 1 amide bonds. The molecule has 0 bridgehead atoms. The number of carbonyl (C=O) groups excluding carboxylic acids is 1. The van der Waals surface area contributed by atoms with Crippen LogP contribution >= 0.6 is 11.3 Å². The number of nitrogens with zero attached hydrogens (tertiary/aromatic N) is 5. The molecule has 0 saturated carbocycles. The lowest BCUT2D eigenvalue weighted by atomic mass is 10.1. The number of rotatable bonds is 4. The summed E-state index contributed by atoms with van der Waals surface area (Å²) in [4.78, 5) is 22.8. The minimum atomic E-state index is -0.137. The van der Waals surface area contributed by atoms with Crippen LogP contribution in [-0.2, 0) is 0 Å². The quantitative estimate of drug-likeness (QED) is 0.454. The molecule has 176 valence electrons. The van der Waals surface area contributed by atoms with Gasteiger partial charge in [-0.15, -0.1) is 5.10 Å². The SMILES string of the molecule is Cc1cccc(-c2nc3sc(N4CCN(C(=O)c5ccccc5)CC4)nn3c2NC(C)(C)C)c1. The highest BCUT2D eigenvalue weighted by Gasteiger charge is 2.27. The van der Waals surface area contributed by atoms with Crippen molar-refractivity contribution >= 4 is 33.2 Å². The van der Waals surface area contributed by atoms with Crippen LogP contribution in [0.3, 0.4) is 0 Å². The molecule has 4 aromatic rings. The molecule has 1 N–H and O–H groups in total. The van der Waals surface area contributed by atoms with Crippen LogP contribution < -0.4 is 10.2 Å². The van der Waals surface area contributed by atoms with E-state index in [2.05, 4.69) is 62.2 Å². The van der Waals surface area contributed by atoms with Crippen molar-refractivity contribution in [2.45, 2.75) is 33.2 Å². The molecule has 1 saturated heterocycles. The molecule has 2 aromatic heterocycles. The third kappa shape index (κ3) is 4.50. The number of nitrogens with one attached hydrogen (secondary N) is 1. The number of amides is 1. The lowest BCUT2D eigenvalue weighted by Crippen LogP contribution is -2.48. The van der Waals surface area contributed by atoms with Gasteiger partial charge in [-0.05, 0) is 45.9 Å². The van der Waals surface area contributed by atoms with Crippen molar-refractivity contribution in [3.05, 3.63) is 65.7 Å². The first-order chi connectivity index (χ1) is 16.3. The molecule has 3 heterocycles. The van der Waals surface area contributed by atoms with Crippen LogP contribution in [0.25, 0.3) is 16.2 Å². The molecule has 2 aromatic carbocycles. The molecule has 0 atom stereocenters. The Bertz CT molecular complexity index is 1310. The molecule has 0 unspecified atom stereocenters. The molecule has 0 spiro atoms. The van der Waals surface area contributed by atoms with E-state index in [1.165, 1.54) is 5.56 Å². The van der Waals surface area contributed by atoms with E-state index in [1.54, 1.807) is 11.3 Å². The second-order valence-corrected chi connectivity index (χ2v) is 10.7. The number of anilines is 2. The smallest absolute Gasteiger partial charge is 0.253 e. The predicted octanol–water partition coefficient (Wildman–Crippen LogP) is 4.94. The Morgan fingerprint density at radius 1 is 1.00 bits per heavy atom. The lowest BCUT2D eigenvalue weighted by Gasteiger charge is -2.34. The number of aromatic nitrogens is 3. The van der Waals surface area contributed by atoms with Gasteiger partial charge in [0, 0.05) is 42.8 Å². The number of fused-ring (bicyclic) bond motifs is 1. The van der Waals surface area contributed by atoms with Crippen LogP contribution in [0.15, 0.2) is 54.6 Å². The van der Waals surface area contributed by atoms with Gasteiger partial charge >= 0.3 is 0 Å². The van der Waals surface area contributed by atoms with Gasteiger partial charge in [0.2, 0.25) is 10.1 Å². The Morgan fingerprint density at radius 3 is 2.41 bits per heavy atom. The van der Waals surface area contributed by atoms with Crippen LogP contribution in [-0.4, -0.2) is 57.1 Å². The van der Waals surface area contributed by atoms with Crippen LogP contribution in [0.1, 0.15) is 36.7 Å². The van der Waals surface area contributed by atoms with E-state index >= 15 is 0 Å². The minimum Gasteiger partial charge on any atom is -0.364 e. The molecule has 7 nitrogen and oxygen atoms in total. The van der Waals surface area contributed by atoms with Crippen LogP contribution in [0, 0.1) is 6.92 Å². The van der Waals surface area contributed by atoms with E-state index in [0.717, 1.165) is 45.8 Å². The molecule has 1 aliphatic rings. The van der Waals surface area contributed by atoms with Crippen molar-refractivity contribution in [3.63, 3.8) is 0 Å². The van der Waals surface area contributed by atoms with Crippen molar-refractivity contribution in [2.24, 2.45) is 0 Å². The van der Waals surface area contributed by atoms with Crippen molar-refractivity contribution in [1.29, 1.82) is 0 Å². The van der Waals surface area contributed by atoms with Gasteiger partial charge in [-0.25, -0.2) is 4.98 Å². The van der Waals surface area contributed by atoms with Crippen LogP contribution in [0.4, 0.5) is 10.9 Å².